The maximum atomic E-state index is 13.8. The van der Waals surface area contributed by atoms with Gasteiger partial charge in [0.2, 0.25) is 11.8 Å². The minimum Gasteiger partial charge on any atom is -0.496 e. The molecule has 0 unspecified atom stereocenters. The van der Waals surface area contributed by atoms with Crippen molar-refractivity contribution in [2.75, 3.05) is 51.7 Å². The zero-order chi connectivity index (χ0) is 37.7. The van der Waals surface area contributed by atoms with Gasteiger partial charge in [0, 0.05) is 125 Å². The topological polar surface area (TPSA) is 125 Å². The molecule has 1 spiro atoms. The number of nitrogens with zero attached hydrogens (tertiary/aromatic N) is 6. The number of nitrogens with one attached hydrogen (secondary N) is 2. The second kappa shape index (κ2) is 14.5. The number of benzene rings is 2. The lowest BCUT2D eigenvalue weighted by atomic mass is 9.79. The molecule has 4 aliphatic heterocycles. The molecule has 3 fully saturated rings. The Bertz CT molecular complexity index is 2140. The smallest absolute Gasteiger partial charge is 0.291 e. The van der Waals surface area contributed by atoms with Crippen LogP contribution in [0.4, 0.5) is 5.69 Å². The number of pyridine rings is 1. The second-order valence-corrected chi connectivity index (χ2v) is 15.8. The van der Waals surface area contributed by atoms with Gasteiger partial charge in [0.25, 0.3) is 5.91 Å². The van der Waals surface area contributed by atoms with Crippen molar-refractivity contribution in [1.29, 1.82) is 0 Å². The maximum absolute atomic E-state index is 13.8. The van der Waals surface area contributed by atoms with Crippen LogP contribution < -0.4 is 15.4 Å². The van der Waals surface area contributed by atoms with Crippen LogP contribution in [0.1, 0.15) is 59.3 Å². The van der Waals surface area contributed by atoms with Crippen LogP contribution in [0.15, 0.2) is 48.7 Å². The quantitative estimate of drug-likeness (QED) is 0.256. The Morgan fingerprint density at radius 3 is 2.61 bits per heavy atom. The van der Waals surface area contributed by atoms with Crippen LogP contribution in [0.25, 0.3) is 22.4 Å². The SMILES string of the molecule is COc1cc(-c2nccc(-c3cccc(NC(=O)c4nc5c(n4C)CCN(C4CCN(C(C)=O)CC4)C5)c3C)c2Cl)ccc1CN1CC2(CNC(=O)C2)C1. The van der Waals surface area contributed by atoms with Crippen molar-refractivity contribution < 1.29 is 19.1 Å². The van der Waals surface area contributed by atoms with E-state index >= 15 is 0 Å². The molecule has 54 heavy (non-hydrogen) atoms. The highest BCUT2D eigenvalue weighted by Gasteiger charge is 2.48. The summed E-state index contributed by atoms with van der Waals surface area (Å²) in [7, 11) is 3.59. The summed E-state index contributed by atoms with van der Waals surface area (Å²) in [6.45, 7) is 10.1. The van der Waals surface area contributed by atoms with E-state index in [0.29, 0.717) is 41.2 Å². The molecule has 0 bridgehead atoms. The molecule has 4 aromatic rings. The summed E-state index contributed by atoms with van der Waals surface area (Å²) < 4.78 is 7.76. The minimum atomic E-state index is -0.260. The van der Waals surface area contributed by atoms with E-state index in [1.807, 2.05) is 59.8 Å². The third-order valence-electron chi connectivity index (χ3n) is 11.9. The van der Waals surface area contributed by atoms with Gasteiger partial charge in [-0.1, -0.05) is 35.9 Å². The predicted octanol–water partition coefficient (Wildman–Crippen LogP) is 5.06. The molecule has 4 aliphatic rings. The Balaban J connectivity index is 0.970. The Morgan fingerprint density at radius 2 is 1.89 bits per heavy atom. The number of ether oxygens (including phenoxy) is 1. The summed E-state index contributed by atoms with van der Waals surface area (Å²) in [4.78, 5) is 53.6. The van der Waals surface area contributed by atoms with Crippen LogP contribution in [-0.4, -0.2) is 99.4 Å². The largest absolute Gasteiger partial charge is 0.496 e. The summed E-state index contributed by atoms with van der Waals surface area (Å²) in [6.07, 6.45) is 5.09. The highest BCUT2D eigenvalue weighted by molar-refractivity contribution is 6.35. The third-order valence-corrected chi connectivity index (χ3v) is 12.3. The van der Waals surface area contributed by atoms with E-state index in [4.69, 9.17) is 21.3 Å². The molecule has 12 nitrogen and oxygen atoms in total. The number of rotatable bonds is 8. The fourth-order valence-corrected chi connectivity index (χ4v) is 9.28. The van der Waals surface area contributed by atoms with E-state index in [1.54, 1.807) is 20.2 Å². The molecule has 282 valence electrons. The van der Waals surface area contributed by atoms with Gasteiger partial charge in [-0.2, -0.15) is 0 Å². The van der Waals surface area contributed by atoms with E-state index in [2.05, 4.69) is 31.5 Å². The van der Waals surface area contributed by atoms with Crippen LogP contribution in [-0.2, 0) is 36.1 Å². The lowest BCUT2D eigenvalue weighted by Gasteiger charge is -2.47. The number of methoxy groups -OCH3 is 1. The van der Waals surface area contributed by atoms with Crippen molar-refractivity contribution in [2.45, 2.75) is 58.7 Å². The number of hydrogen-bond acceptors (Lipinski definition) is 8. The number of carbonyl (C=O) groups excluding carboxylic acids is 3. The number of halogens is 1. The standard InChI is InChI=1S/C41H47ClN8O4/c1-25-30(31-10-14-43-38(37(31)42)27-8-9-28(35(18-27)54-4)20-48-23-41(24-48)19-36(52)44-22-41)6-5-7-32(25)46-40(53)39-45-33-21-50(17-13-34(33)47(39)3)29-11-15-49(16-12-29)26(2)51/h5-10,14,18,29H,11-13,15-17,19-24H2,1-4H3,(H,44,52)(H,46,53). The van der Waals surface area contributed by atoms with Gasteiger partial charge < -0.3 is 24.8 Å². The molecule has 0 atom stereocenters. The van der Waals surface area contributed by atoms with Gasteiger partial charge in [-0.25, -0.2) is 4.98 Å². The number of piperidine rings is 1. The number of aromatic nitrogens is 3. The van der Waals surface area contributed by atoms with Gasteiger partial charge >= 0.3 is 0 Å². The molecule has 8 rings (SSSR count). The Labute approximate surface area is 320 Å². The number of hydrogen-bond donors (Lipinski definition) is 2. The average molecular weight is 751 g/mol. The van der Waals surface area contributed by atoms with Gasteiger partial charge in [-0.3, -0.25) is 29.2 Å². The van der Waals surface area contributed by atoms with Crippen LogP contribution >= 0.6 is 11.6 Å². The highest BCUT2D eigenvalue weighted by atomic mass is 35.5. The molecular formula is C41H47ClN8O4. The highest BCUT2D eigenvalue weighted by Crippen LogP contribution is 2.41. The number of anilines is 1. The Kier molecular flexibility index (Phi) is 9.70. The molecule has 13 heteroatoms. The Morgan fingerprint density at radius 1 is 1.09 bits per heavy atom. The van der Waals surface area contributed by atoms with Crippen molar-refractivity contribution in [1.82, 2.24) is 34.6 Å². The molecule has 3 saturated heterocycles. The maximum Gasteiger partial charge on any atom is 0.291 e. The minimum absolute atomic E-state index is 0.0676. The number of amides is 3. The monoisotopic (exact) mass is 750 g/mol. The Hall–Kier alpha value is -4.78. The molecule has 6 heterocycles. The molecule has 3 amide bonds. The van der Waals surface area contributed by atoms with E-state index in [9.17, 15) is 14.4 Å². The van der Waals surface area contributed by atoms with Crippen molar-refractivity contribution in [2.24, 2.45) is 12.5 Å². The number of carbonyl (C=O) groups is 3. The first kappa shape index (κ1) is 36.2. The first-order valence-electron chi connectivity index (χ1n) is 18.8. The van der Waals surface area contributed by atoms with Crippen LogP contribution in [0.5, 0.6) is 5.75 Å². The summed E-state index contributed by atoms with van der Waals surface area (Å²) in [5.41, 5.74) is 7.93. The normalized spacial score (nSPS) is 18.7. The van der Waals surface area contributed by atoms with Crippen molar-refractivity contribution >= 4 is 35.0 Å². The van der Waals surface area contributed by atoms with Gasteiger partial charge in [0.05, 0.1) is 23.5 Å². The van der Waals surface area contributed by atoms with E-state index in [-0.39, 0.29) is 23.1 Å². The molecular weight excluding hydrogens is 704 g/mol. The summed E-state index contributed by atoms with van der Waals surface area (Å²) in [6, 6.07) is 14.2. The molecule has 2 aromatic carbocycles. The lowest BCUT2D eigenvalue weighted by Crippen LogP contribution is -2.56. The predicted molar refractivity (Wildman–Crippen MR) is 207 cm³/mol. The molecule has 0 radical (unpaired) electrons. The van der Waals surface area contributed by atoms with Gasteiger partial charge in [-0.05, 0) is 49.1 Å². The summed E-state index contributed by atoms with van der Waals surface area (Å²) >= 11 is 7.14. The zero-order valence-corrected chi connectivity index (χ0v) is 32.1. The van der Waals surface area contributed by atoms with Gasteiger partial charge in [0.1, 0.15) is 5.75 Å². The number of likely N-dealkylation sites (tertiary alicyclic amines) is 2. The zero-order valence-electron chi connectivity index (χ0n) is 31.4. The van der Waals surface area contributed by atoms with Crippen molar-refractivity contribution in [3.05, 3.63) is 82.0 Å². The van der Waals surface area contributed by atoms with Crippen LogP contribution in [0.2, 0.25) is 5.02 Å². The molecule has 2 aromatic heterocycles. The fourth-order valence-electron chi connectivity index (χ4n) is 8.96. The van der Waals surface area contributed by atoms with Crippen LogP contribution in [0.3, 0.4) is 0 Å². The van der Waals surface area contributed by atoms with E-state index in [1.165, 1.54) is 0 Å². The summed E-state index contributed by atoms with van der Waals surface area (Å²) in [5, 5.41) is 6.61. The first-order valence-corrected chi connectivity index (χ1v) is 19.2. The summed E-state index contributed by atoms with van der Waals surface area (Å²) in [5.74, 6) is 1.17. The average Bonchev–Trinajstić information content (AvgIpc) is 3.72. The van der Waals surface area contributed by atoms with Crippen LogP contribution in [0, 0.1) is 12.3 Å². The second-order valence-electron chi connectivity index (χ2n) is 15.4. The van der Waals surface area contributed by atoms with E-state index < -0.39 is 0 Å². The third kappa shape index (κ3) is 6.75. The lowest BCUT2D eigenvalue weighted by molar-refractivity contribution is -0.130. The van der Waals surface area contributed by atoms with Crippen molar-refractivity contribution in [3.63, 3.8) is 0 Å². The number of imidazole rings is 1. The molecule has 0 aliphatic carbocycles. The number of fused-ring (bicyclic) bond motifs is 1. The van der Waals surface area contributed by atoms with E-state index in [0.717, 1.165) is 110 Å². The molecule has 2 N–H and O–H groups in total. The van der Waals surface area contributed by atoms with Crippen molar-refractivity contribution in [3.8, 4) is 28.1 Å². The first-order chi connectivity index (χ1) is 26.0. The van der Waals surface area contributed by atoms with Gasteiger partial charge in [-0.15, -0.1) is 0 Å². The fraction of sp³-hybridized carbons (Fsp3) is 0.439. The van der Waals surface area contributed by atoms with Gasteiger partial charge in [0.15, 0.2) is 5.82 Å². The molecule has 0 saturated carbocycles.